The maximum absolute atomic E-state index is 11.0. The van der Waals surface area contributed by atoms with Crippen molar-refractivity contribution in [3.63, 3.8) is 0 Å². The molecule has 0 aliphatic heterocycles. The van der Waals surface area contributed by atoms with E-state index in [1.807, 2.05) is 6.92 Å². The number of aromatic nitrogens is 7. The molecule has 11 heteroatoms. The van der Waals surface area contributed by atoms with Crippen molar-refractivity contribution in [3.05, 3.63) is 51.5 Å². The van der Waals surface area contributed by atoms with Gasteiger partial charge in [-0.05, 0) is 32.4 Å². The minimum Gasteiger partial charge on any atom is -0.262 e. The molecule has 5 rings (SSSR count). The van der Waals surface area contributed by atoms with Crippen LogP contribution in [0.2, 0.25) is 0 Å². The Bertz CT molecular complexity index is 1430. The molecule has 0 N–H and O–H groups in total. The van der Waals surface area contributed by atoms with Crippen molar-refractivity contribution >= 4 is 43.1 Å². The highest BCUT2D eigenvalue weighted by molar-refractivity contribution is 7.26. The topological polar surface area (TPSA) is 117 Å². The van der Waals surface area contributed by atoms with E-state index in [0.717, 1.165) is 37.3 Å². The zero-order valence-corrected chi connectivity index (χ0v) is 16.8. The molecule has 0 amide bonds. The molecule has 0 radical (unpaired) electrons. The number of nitrogens with zero attached hydrogens (tertiary/aromatic N) is 8. The number of pyridine rings is 1. The van der Waals surface area contributed by atoms with Crippen molar-refractivity contribution < 1.29 is 4.92 Å². The first-order valence-electron chi connectivity index (χ1n) is 9.00. The number of rotatable bonds is 4. The van der Waals surface area contributed by atoms with Crippen LogP contribution < -0.4 is 0 Å². The first-order chi connectivity index (χ1) is 13.9. The van der Waals surface area contributed by atoms with Gasteiger partial charge in [-0.25, -0.2) is 19.5 Å². The molecule has 0 unspecified atom stereocenters. The van der Waals surface area contributed by atoms with Gasteiger partial charge in [0.05, 0.1) is 10.4 Å². The Kier molecular flexibility index (Phi) is 3.81. The molecule has 0 saturated heterocycles. The van der Waals surface area contributed by atoms with Gasteiger partial charge in [0.25, 0.3) is 0 Å². The van der Waals surface area contributed by atoms with Crippen LogP contribution in [-0.4, -0.2) is 39.3 Å². The summed E-state index contributed by atoms with van der Waals surface area (Å²) < 4.78 is 4.23. The van der Waals surface area contributed by atoms with E-state index in [9.17, 15) is 10.1 Å². The summed E-state index contributed by atoms with van der Waals surface area (Å²) in [5, 5.41) is 20.7. The van der Waals surface area contributed by atoms with Gasteiger partial charge in [0, 0.05) is 24.0 Å². The molecule has 5 aromatic rings. The van der Waals surface area contributed by atoms with E-state index in [-0.39, 0.29) is 5.69 Å². The Morgan fingerprint density at radius 3 is 2.83 bits per heavy atom. The number of thiophene rings is 1. The summed E-state index contributed by atoms with van der Waals surface area (Å²) >= 11 is 1.57. The summed E-state index contributed by atoms with van der Waals surface area (Å²) in [6.45, 7) is 6.19. The van der Waals surface area contributed by atoms with Crippen molar-refractivity contribution in [2.24, 2.45) is 0 Å². The quantitative estimate of drug-likeness (QED) is 0.331. The van der Waals surface area contributed by atoms with Crippen LogP contribution in [-0.2, 0) is 13.0 Å². The molecule has 0 bridgehead atoms. The van der Waals surface area contributed by atoms with Crippen molar-refractivity contribution in [3.8, 4) is 0 Å². The number of hydrogen-bond acceptors (Lipinski definition) is 8. The maximum Gasteiger partial charge on any atom is 0.309 e. The van der Waals surface area contributed by atoms with Crippen LogP contribution >= 0.6 is 11.3 Å². The van der Waals surface area contributed by atoms with Crippen LogP contribution in [0.4, 0.5) is 5.69 Å². The van der Waals surface area contributed by atoms with Gasteiger partial charge in [-0.1, -0.05) is 0 Å². The maximum atomic E-state index is 11.0. The van der Waals surface area contributed by atoms with Crippen molar-refractivity contribution in [2.45, 2.75) is 33.7 Å². The van der Waals surface area contributed by atoms with Gasteiger partial charge in [0.15, 0.2) is 11.5 Å². The first-order valence-corrected chi connectivity index (χ1v) is 9.81. The summed E-state index contributed by atoms with van der Waals surface area (Å²) in [7, 11) is 0. The number of hydrogen-bond donors (Lipinski definition) is 0. The number of fused-ring (bicyclic) bond motifs is 5. The molecular formula is C18H16N8O2S. The lowest BCUT2D eigenvalue weighted by atomic mass is 10.1. The average molecular weight is 408 g/mol. The molecule has 10 nitrogen and oxygen atoms in total. The van der Waals surface area contributed by atoms with Crippen molar-refractivity contribution in [1.29, 1.82) is 0 Å². The van der Waals surface area contributed by atoms with Gasteiger partial charge in [-0.15, -0.1) is 16.4 Å². The number of aryl methyl sites for hydroxylation is 4. The molecule has 0 atom stereocenters. The second kappa shape index (κ2) is 6.27. The Balaban J connectivity index is 1.54. The highest BCUT2D eigenvalue weighted by atomic mass is 32.1. The van der Waals surface area contributed by atoms with Crippen molar-refractivity contribution in [1.82, 2.24) is 34.3 Å². The molecule has 29 heavy (non-hydrogen) atoms. The summed E-state index contributed by atoms with van der Waals surface area (Å²) in [6, 6.07) is 2.06. The monoisotopic (exact) mass is 408 g/mol. The largest absolute Gasteiger partial charge is 0.309 e. The van der Waals surface area contributed by atoms with E-state index in [0.29, 0.717) is 24.5 Å². The summed E-state index contributed by atoms with van der Waals surface area (Å²) in [5.41, 5.74) is 4.29. The molecular weight excluding hydrogens is 392 g/mol. The highest BCUT2D eigenvalue weighted by Crippen LogP contribution is 2.35. The van der Waals surface area contributed by atoms with Gasteiger partial charge in [0.1, 0.15) is 27.7 Å². The first kappa shape index (κ1) is 17.6. The third-order valence-corrected chi connectivity index (χ3v) is 6.03. The number of nitro groups is 1. The highest BCUT2D eigenvalue weighted by Gasteiger charge is 2.18. The van der Waals surface area contributed by atoms with Crippen LogP contribution in [0.15, 0.2) is 18.6 Å². The normalized spacial score (nSPS) is 11.8. The molecule has 146 valence electrons. The molecule has 0 aromatic carbocycles. The fourth-order valence-electron chi connectivity index (χ4n) is 3.57. The lowest BCUT2D eigenvalue weighted by Crippen LogP contribution is -2.06. The van der Waals surface area contributed by atoms with Gasteiger partial charge in [0.2, 0.25) is 0 Å². The Hall–Kier alpha value is -3.47. The lowest BCUT2D eigenvalue weighted by Gasteiger charge is -2.00. The van der Waals surface area contributed by atoms with E-state index in [4.69, 9.17) is 4.98 Å². The summed E-state index contributed by atoms with van der Waals surface area (Å²) in [6.07, 6.45) is 3.45. The molecule has 0 saturated carbocycles. The fourth-order valence-corrected chi connectivity index (χ4v) is 4.79. The second-order valence-electron chi connectivity index (χ2n) is 6.93. The van der Waals surface area contributed by atoms with E-state index in [1.165, 1.54) is 6.20 Å². The Labute approximate surface area is 168 Å². The Morgan fingerprint density at radius 2 is 2.07 bits per heavy atom. The molecule has 0 fully saturated rings. The second-order valence-corrected chi connectivity index (χ2v) is 7.93. The third-order valence-electron chi connectivity index (χ3n) is 4.96. The van der Waals surface area contributed by atoms with Crippen LogP contribution in [0.5, 0.6) is 0 Å². The van der Waals surface area contributed by atoms with Crippen molar-refractivity contribution in [2.75, 3.05) is 0 Å². The van der Waals surface area contributed by atoms with Gasteiger partial charge in [-0.3, -0.25) is 14.8 Å². The molecule has 0 spiro atoms. The minimum atomic E-state index is -0.427. The average Bonchev–Trinajstić information content (AvgIpc) is 3.33. The van der Waals surface area contributed by atoms with E-state index in [1.54, 1.807) is 33.8 Å². The van der Waals surface area contributed by atoms with Crippen LogP contribution in [0, 0.1) is 30.9 Å². The van der Waals surface area contributed by atoms with E-state index < -0.39 is 4.92 Å². The smallest absolute Gasteiger partial charge is 0.262 e. The van der Waals surface area contributed by atoms with Gasteiger partial charge >= 0.3 is 5.69 Å². The van der Waals surface area contributed by atoms with Gasteiger partial charge < -0.3 is 0 Å². The molecule has 0 aliphatic rings. The summed E-state index contributed by atoms with van der Waals surface area (Å²) in [5.74, 6) is 0.634. The standard InChI is InChI=1S/C18H16N8O2S/c1-9-6-10(2)21-18-14(9)15-16(29-18)17-22-13(23-25(17)8-19-15)4-5-24-11(3)12(7-20-24)26(27)28/h6-8H,4-5H2,1-3H3. The zero-order chi connectivity index (χ0) is 20.3. The van der Waals surface area contributed by atoms with Crippen LogP contribution in [0.1, 0.15) is 22.8 Å². The molecule has 5 aromatic heterocycles. The SMILES string of the molecule is Cc1cc(C)c2c(n1)sc1c2ncn2nc(CCn3ncc([N+](=O)[O-])c3C)nc12. The van der Waals surface area contributed by atoms with Crippen LogP contribution in [0.3, 0.4) is 0 Å². The van der Waals surface area contributed by atoms with E-state index >= 15 is 0 Å². The minimum absolute atomic E-state index is 0.0160. The van der Waals surface area contributed by atoms with Crippen LogP contribution in [0.25, 0.3) is 26.1 Å². The fraction of sp³-hybridized carbons (Fsp3) is 0.278. The molecule has 5 heterocycles. The van der Waals surface area contributed by atoms with E-state index in [2.05, 4.69) is 33.2 Å². The Morgan fingerprint density at radius 1 is 1.24 bits per heavy atom. The molecule has 0 aliphatic carbocycles. The predicted octanol–water partition coefficient (Wildman–Crippen LogP) is 3.16. The lowest BCUT2D eigenvalue weighted by molar-refractivity contribution is -0.385. The predicted molar refractivity (Wildman–Crippen MR) is 108 cm³/mol. The summed E-state index contributed by atoms with van der Waals surface area (Å²) in [4.78, 5) is 25.4. The van der Waals surface area contributed by atoms with Gasteiger partial charge in [-0.2, -0.15) is 5.10 Å². The zero-order valence-electron chi connectivity index (χ0n) is 15.9. The third kappa shape index (κ3) is 2.73.